The van der Waals surface area contributed by atoms with Crippen LogP contribution in [0.4, 0.5) is 4.79 Å². The quantitative estimate of drug-likeness (QED) is 0.305. The Morgan fingerprint density at radius 1 is 0.897 bits per heavy atom. The summed E-state index contributed by atoms with van der Waals surface area (Å²) >= 11 is 0. The van der Waals surface area contributed by atoms with Gasteiger partial charge in [-0.15, -0.1) is 6.58 Å². The molecular weight excluding hydrogens is 490 g/mol. The second-order valence-electron chi connectivity index (χ2n) is 10.2. The van der Waals surface area contributed by atoms with Gasteiger partial charge >= 0.3 is 6.09 Å². The third kappa shape index (κ3) is 6.47. The van der Waals surface area contributed by atoms with Gasteiger partial charge in [-0.1, -0.05) is 97.1 Å². The maximum atomic E-state index is 14.1. The third-order valence-electron chi connectivity index (χ3n) is 7.62. The van der Waals surface area contributed by atoms with Crippen molar-refractivity contribution >= 4 is 12.0 Å². The number of amides is 2. The molecule has 2 heterocycles. The Morgan fingerprint density at radius 3 is 2.15 bits per heavy atom. The van der Waals surface area contributed by atoms with Gasteiger partial charge < -0.3 is 14.2 Å². The Morgan fingerprint density at radius 2 is 1.51 bits per heavy atom. The molecule has 3 aromatic rings. The van der Waals surface area contributed by atoms with Gasteiger partial charge in [-0.25, -0.2) is 9.69 Å². The predicted octanol–water partition coefficient (Wildman–Crippen LogP) is 5.61. The second-order valence-corrected chi connectivity index (χ2v) is 10.2. The minimum absolute atomic E-state index is 0.185. The van der Waals surface area contributed by atoms with Crippen LogP contribution in [0.2, 0.25) is 0 Å². The standard InChI is InChI=1S/C33H35NO5/c1-2-28-30(23-37-21-26-16-10-5-11-17-26)39-29(19-18-24-12-6-3-7-13-24)31(28)32(35)34-27(22-38-33(34)36)20-25-14-8-4-9-15-25/h2-17,27-31H,1,18-23H2/t27-,28+,29+,30-,31-/m0/s1. The van der Waals surface area contributed by atoms with E-state index in [1.807, 2.05) is 78.9 Å². The summed E-state index contributed by atoms with van der Waals surface area (Å²) in [6.45, 7) is 5.02. The second kappa shape index (κ2) is 12.9. The van der Waals surface area contributed by atoms with Crippen molar-refractivity contribution in [1.29, 1.82) is 0 Å². The topological polar surface area (TPSA) is 65.1 Å². The van der Waals surface area contributed by atoms with Crippen molar-refractivity contribution < 1.29 is 23.8 Å². The molecule has 5 atom stereocenters. The first-order valence-corrected chi connectivity index (χ1v) is 13.6. The molecule has 3 aromatic carbocycles. The number of carbonyl (C=O) groups is 2. The molecule has 0 spiro atoms. The number of aryl methyl sites for hydroxylation is 1. The van der Waals surface area contributed by atoms with Gasteiger partial charge in [-0.2, -0.15) is 0 Å². The summed E-state index contributed by atoms with van der Waals surface area (Å²) in [5.41, 5.74) is 3.30. The van der Waals surface area contributed by atoms with Crippen molar-refractivity contribution in [1.82, 2.24) is 4.90 Å². The number of ether oxygens (including phenoxy) is 3. The Bertz CT molecular complexity index is 1230. The number of imide groups is 1. The van der Waals surface area contributed by atoms with Gasteiger partial charge in [-0.05, 0) is 36.0 Å². The van der Waals surface area contributed by atoms with Gasteiger partial charge in [0.1, 0.15) is 6.61 Å². The van der Waals surface area contributed by atoms with Gasteiger partial charge in [0.05, 0.1) is 37.4 Å². The van der Waals surface area contributed by atoms with Crippen molar-refractivity contribution in [2.45, 2.75) is 44.1 Å². The monoisotopic (exact) mass is 525 g/mol. The van der Waals surface area contributed by atoms with Crippen LogP contribution in [-0.4, -0.2) is 48.4 Å². The molecule has 2 saturated heterocycles. The Kier molecular flexibility index (Phi) is 8.86. The van der Waals surface area contributed by atoms with Gasteiger partial charge in [0.25, 0.3) is 0 Å². The molecule has 5 rings (SSSR count). The van der Waals surface area contributed by atoms with Crippen molar-refractivity contribution in [3.8, 4) is 0 Å². The highest BCUT2D eigenvalue weighted by Gasteiger charge is 2.51. The molecule has 39 heavy (non-hydrogen) atoms. The van der Waals surface area contributed by atoms with Gasteiger partial charge in [0.15, 0.2) is 0 Å². The Hall–Kier alpha value is -3.74. The van der Waals surface area contributed by atoms with Crippen molar-refractivity contribution in [2.75, 3.05) is 13.2 Å². The molecule has 0 aliphatic carbocycles. The number of benzene rings is 3. The van der Waals surface area contributed by atoms with Gasteiger partial charge in [-0.3, -0.25) is 4.79 Å². The van der Waals surface area contributed by atoms with Crippen LogP contribution in [0.1, 0.15) is 23.1 Å². The van der Waals surface area contributed by atoms with Crippen LogP contribution in [0.5, 0.6) is 0 Å². The fourth-order valence-electron chi connectivity index (χ4n) is 5.65. The van der Waals surface area contributed by atoms with Crippen LogP contribution in [0, 0.1) is 11.8 Å². The van der Waals surface area contributed by atoms with Crippen LogP contribution in [0.3, 0.4) is 0 Å². The molecule has 0 radical (unpaired) electrons. The molecule has 0 bridgehead atoms. The molecule has 2 aliphatic heterocycles. The molecule has 6 heteroatoms. The first-order valence-electron chi connectivity index (χ1n) is 13.6. The average molecular weight is 526 g/mol. The number of hydrogen-bond acceptors (Lipinski definition) is 5. The van der Waals surface area contributed by atoms with Crippen molar-refractivity contribution in [3.05, 3.63) is 120 Å². The highest BCUT2D eigenvalue weighted by molar-refractivity contribution is 5.95. The van der Waals surface area contributed by atoms with Crippen LogP contribution in [0.15, 0.2) is 104 Å². The van der Waals surface area contributed by atoms with E-state index < -0.39 is 12.0 Å². The summed E-state index contributed by atoms with van der Waals surface area (Å²) in [7, 11) is 0. The molecule has 0 saturated carbocycles. The molecule has 2 fully saturated rings. The summed E-state index contributed by atoms with van der Waals surface area (Å²) < 4.78 is 17.9. The van der Waals surface area contributed by atoms with E-state index in [1.54, 1.807) is 6.08 Å². The number of nitrogens with zero attached hydrogens (tertiary/aromatic N) is 1. The van der Waals surface area contributed by atoms with E-state index in [-0.39, 0.29) is 36.7 Å². The molecule has 6 nitrogen and oxygen atoms in total. The van der Waals surface area contributed by atoms with Gasteiger partial charge in [0.2, 0.25) is 5.91 Å². The number of rotatable bonds is 11. The van der Waals surface area contributed by atoms with E-state index in [4.69, 9.17) is 14.2 Å². The summed E-state index contributed by atoms with van der Waals surface area (Å²) in [4.78, 5) is 28.3. The summed E-state index contributed by atoms with van der Waals surface area (Å²) in [6.07, 6.45) is 2.43. The summed E-state index contributed by atoms with van der Waals surface area (Å²) in [6, 6.07) is 29.6. The Balaban J connectivity index is 1.34. The molecular formula is C33H35NO5. The molecule has 202 valence electrons. The van der Waals surface area contributed by atoms with E-state index in [2.05, 4.69) is 18.7 Å². The number of cyclic esters (lactones) is 1. The van der Waals surface area contributed by atoms with E-state index >= 15 is 0 Å². The van der Waals surface area contributed by atoms with Crippen LogP contribution < -0.4 is 0 Å². The van der Waals surface area contributed by atoms with Crippen molar-refractivity contribution in [3.63, 3.8) is 0 Å². The fraction of sp³-hybridized carbons (Fsp3) is 0.333. The maximum absolute atomic E-state index is 14.1. The minimum atomic E-state index is -0.589. The first-order chi connectivity index (χ1) is 19.1. The molecule has 0 N–H and O–H groups in total. The molecule has 0 unspecified atom stereocenters. The third-order valence-corrected chi connectivity index (χ3v) is 7.62. The highest BCUT2D eigenvalue weighted by atomic mass is 16.6. The lowest BCUT2D eigenvalue weighted by molar-refractivity contribution is -0.136. The minimum Gasteiger partial charge on any atom is -0.447 e. The SMILES string of the molecule is C=C[C@H]1[C@H](C(=O)N2C(=O)OC[C@@H]2Cc2ccccc2)[C@@H](CCc2ccccc2)O[C@H]1COCc1ccccc1. The zero-order valence-electron chi connectivity index (χ0n) is 22.1. The lowest BCUT2D eigenvalue weighted by atomic mass is 9.83. The zero-order chi connectivity index (χ0) is 27.0. The van der Waals surface area contributed by atoms with Crippen LogP contribution in [-0.2, 0) is 38.5 Å². The highest BCUT2D eigenvalue weighted by Crippen LogP contribution is 2.39. The van der Waals surface area contributed by atoms with E-state index in [9.17, 15) is 9.59 Å². The molecule has 2 amide bonds. The van der Waals surface area contributed by atoms with Gasteiger partial charge in [0, 0.05) is 5.92 Å². The van der Waals surface area contributed by atoms with E-state index in [0.29, 0.717) is 26.1 Å². The van der Waals surface area contributed by atoms with E-state index in [0.717, 1.165) is 17.5 Å². The number of hydrogen-bond donors (Lipinski definition) is 0. The first kappa shape index (κ1) is 26.9. The summed E-state index contributed by atoms with van der Waals surface area (Å²) in [5, 5.41) is 0. The average Bonchev–Trinajstić information content (AvgIpc) is 3.52. The predicted molar refractivity (Wildman–Crippen MR) is 149 cm³/mol. The lowest BCUT2D eigenvalue weighted by Gasteiger charge is -2.27. The van der Waals surface area contributed by atoms with E-state index in [1.165, 1.54) is 10.5 Å². The Labute approximate surface area is 230 Å². The fourth-order valence-corrected chi connectivity index (χ4v) is 5.65. The summed E-state index contributed by atoms with van der Waals surface area (Å²) in [5.74, 6) is -1.10. The lowest BCUT2D eigenvalue weighted by Crippen LogP contribution is -2.47. The smallest absolute Gasteiger partial charge is 0.416 e. The van der Waals surface area contributed by atoms with Crippen LogP contribution >= 0.6 is 0 Å². The normalized spacial score (nSPS) is 24.5. The van der Waals surface area contributed by atoms with Crippen LogP contribution in [0.25, 0.3) is 0 Å². The molecule has 0 aromatic heterocycles. The zero-order valence-corrected chi connectivity index (χ0v) is 22.1. The van der Waals surface area contributed by atoms with Crippen molar-refractivity contribution in [2.24, 2.45) is 11.8 Å². The molecule has 2 aliphatic rings. The largest absolute Gasteiger partial charge is 0.447 e. The maximum Gasteiger partial charge on any atom is 0.416 e. The number of carbonyl (C=O) groups excluding carboxylic acids is 2.